The van der Waals surface area contributed by atoms with Gasteiger partial charge in [-0.25, -0.2) is 4.79 Å². The molecule has 0 spiro atoms. The van der Waals surface area contributed by atoms with Crippen LogP contribution in [0, 0.1) is 0 Å². The zero-order valence-electron chi connectivity index (χ0n) is 28.4. The topological polar surface area (TPSA) is 55.8 Å². The van der Waals surface area contributed by atoms with Gasteiger partial charge in [-0.2, -0.15) is 9.06 Å². The van der Waals surface area contributed by atoms with E-state index in [1.54, 1.807) is 0 Å². The van der Waals surface area contributed by atoms with Crippen LogP contribution in [-0.4, -0.2) is 36.3 Å². The number of phenolic OH excluding ortho intramolecular Hbond substituents is 1. The van der Waals surface area contributed by atoms with Crippen molar-refractivity contribution in [1.29, 1.82) is 0 Å². The van der Waals surface area contributed by atoms with Crippen LogP contribution in [0.4, 0.5) is 0 Å². The quantitative estimate of drug-likeness (QED) is 0.240. The molecule has 0 fully saturated rings. The van der Waals surface area contributed by atoms with Gasteiger partial charge in [0.15, 0.2) is 6.61 Å². The Morgan fingerprint density at radius 1 is 0.756 bits per heavy atom. The zero-order valence-corrected chi connectivity index (χ0v) is 30.1. The standard InChI is InChI=1S/C35H56O4S2/c1-16-38-29(36)22-39-31-27(34(9,10)11)20-24(21-28(31)35(12,13)14)41(15,17-2)40-23-18-25(32(3,4)5)30(37)26(19-23)33(6,7)8/h18-21,37H,16-17,22H2,1-15H3. The number of phenols is 1. The summed E-state index contributed by atoms with van der Waals surface area (Å²) in [6.07, 6.45) is 2.39. The highest BCUT2D eigenvalue weighted by atomic mass is 33.2. The molecule has 2 rings (SSSR count). The molecule has 0 aliphatic heterocycles. The van der Waals surface area contributed by atoms with Crippen molar-refractivity contribution in [3.63, 3.8) is 0 Å². The van der Waals surface area contributed by atoms with Crippen LogP contribution in [0.1, 0.15) is 119 Å². The number of ether oxygens (including phenoxy) is 2. The van der Waals surface area contributed by atoms with Crippen molar-refractivity contribution in [3.05, 3.63) is 46.5 Å². The molecule has 0 heterocycles. The molecule has 41 heavy (non-hydrogen) atoms. The number of carbonyl (C=O) groups is 1. The van der Waals surface area contributed by atoms with Crippen molar-refractivity contribution in [1.82, 2.24) is 0 Å². The van der Waals surface area contributed by atoms with Gasteiger partial charge in [-0.1, -0.05) is 101 Å². The minimum atomic E-state index is -1.38. The van der Waals surface area contributed by atoms with Crippen LogP contribution in [0.2, 0.25) is 0 Å². The van der Waals surface area contributed by atoms with Crippen LogP contribution < -0.4 is 4.74 Å². The lowest BCUT2D eigenvalue weighted by molar-refractivity contribution is -0.145. The van der Waals surface area contributed by atoms with Crippen LogP contribution >= 0.6 is 19.9 Å². The first-order valence-corrected chi connectivity index (χ1v) is 18.3. The van der Waals surface area contributed by atoms with E-state index in [4.69, 9.17) is 9.47 Å². The van der Waals surface area contributed by atoms with E-state index in [0.717, 1.165) is 33.8 Å². The Morgan fingerprint density at radius 2 is 1.17 bits per heavy atom. The van der Waals surface area contributed by atoms with E-state index in [1.807, 2.05) is 17.7 Å². The molecule has 0 radical (unpaired) electrons. The molecule has 0 saturated heterocycles. The summed E-state index contributed by atoms with van der Waals surface area (Å²) in [5.74, 6) is 1.84. The fraction of sp³-hybridized carbons (Fsp3) is 0.629. The highest BCUT2D eigenvalue weighted by Crippen LogP contribution is 2.67. The van der Waals surface area contributed by atoms with Crippen LogP contribution in [0.15, 0.2) is 34.1 Å². The first kappa shape index (κ1) is 35.4. The average Bonchev–Trinajstić information content (AvgIpc) is 2.80. The molecule has 1 atom stereocenters. The Kier molecular flexibility index (Phi) is 10.7. The third kappa shape index (κ3) is 8.63. The summed E-state index contributed by atoms with van der Waals surface area (Å²) in [6.45, 7) is 30.5. The highest BCUT2D eigenvalue weighted by molar-refractivity contribution is 8.94. The second-order valence-electron chi connectivity index (χ2n) is 15.2. The van der Waals surface area contributed by atoms with Crippen molar-refractivity contribution in [2.45, 2.75) is 128 Å². The van der Waals surface area contributed by atoms with Gasteiger partial charge in [-0.3, -0.25) is 0 Å². The molecule has 0 aliphatic carbocycles. The molecule has 0 saturated carbocycles. The van der Waals surface area contributed by atoms with Gasteiger partial charge >= 0.3 is 5.97 Å². The molecule has 4 nitrogen and oxygen atoms in total. The molecule has 1 N–H and O–H groups in total. The Morgan fingerprint density at radius 3 is 1.51 bits per heavy atom. The van der Waals surface area contributed by atoms with Gasteiger partial charge in [-0.15, -0.1) is 0 Å². The molecule has 6 heteroatoms. The van der Waals surface area contributed by atoms with Crippen molar-refractivity contribution >= 4 is 25.8 Å². The van der Waals surface area contributed by atoms with E-state index in [9.17, 15) is 9.90 Å². The number of benzene rings is 2. The lowest BCUT2D eigenvalue weighted by Gasteiger charge is -2.39. The van der Waals surface area contributed by atoms with E-state index in [-0.39, 0.29) is 34.2 Å². The lowest BCUT2D eigenvalue weighted by atomic mass is 9.79. The van der Waals surface area contributed by atoms with Crippen LogP contribution in [0.25, 0.3) is 0 Å². The minimum absolute atomic E-state index is 0.106. The second-order valence-corrected chi connectivity index (χ2v) is 21.6. The molecule has 0 amide bonds. The van der Waals surface area contributed by atoms with E-state index < -0.39 is 9.06 Å². The largest absolute Gasteiger partial charge is 0.507 e. The number of aromatic hydroxyl groups is 1. The van der Waals surface area contributed by atoms with Gasteiger partial charge < -0.3 is 14.6 Å². The van der Waals surface area contributed by atoms with Crippen molar-refractivity contribution < 1.29 is 19.4 Å². The summed E-state index contributed by atoms with van der Waals surface area (Å²) in [7, 11) is 0.560. The van der Waals surface area contributed by atoms with E-state index in [1.165, 1.54) is 9.79 Å². The molecule has 2 aromatic carbocycles. The molecule has 0 aromatic heterocycles. The molecule has 0 aliphatic rings. The molecular weight excluding hydrogens is 549 g/mol. The normalized spacial score (nSPS) is 15.3. The van der Waals surface area contributed by atoms with Crippen LogP contribution in [0.3, 0.4) is 0 Å². The van der Waals surface area contributed by atoms with Gasteiger partial charge in [0.05, 0.1) is 6.61 Å². The fourth-order valence-corrected chi connectivity index (χ4v) is 9.27. The lowest BCUT2D eigenvalue weighted by Crippen LogP contribution is -2.23. The summed E-state index contributed by atoms with van der Waals surface area (Å²) >= 11 is 0. The van der Waals surface area contributed by atoms with Gasteiger partial charge in [0.25, 0.3) is 0 Å². The SMILES string of the molecule is CCOC(=O)COc1c(C(C)(C)C)cc(S(C)(CC)Sc2cc(C(C)(C)C)c(O)c(C(C)(C)C)c2)cc1C(C)(C)C. The predicted octanol–water partition coefficient (Wildman–Crippen LogP) is 10.0. The maximum Gasteiger partial charge on any atom is 0.344 e. The Bertz CT molecular complexity index is 1170. The Hall–Kier alpha value is -1.79. The molecule has 2 aromatic rings. The van der Waals surface area contributed by atoms with Gasteiger partial charge in [0.1, 0.15) is 11.5 Å². The Labute approximate surface area is 256 Å². The summed E-state index contributed by atoms with van der Waals surface area (Å²) in [4.78, 5) is 14.8. The molecular formula is C35H56O4S2. The Balaban J connectivity index is 2.81. The highest BCUT2D eigenvalue weighted by Gasteiger charge is 2.33. The second kappa shape index (κ2) is 12.4. The number of esters is 1. The minimum Gasteiger partial charge on any atom is -0.507 e. The zero-order chi connectivity index (χ0) is 31.8. The first-order valence-electron chi connectivity index (χ1n) is 14.8. The number of hydrogen-bond donors (Lipinski definition) is 1. The molecule has 1 unspecified atom stereocenters. The summed E-state index contributed by atoms with van der Waals surface area (Å²) in [6, 6.07) is 9.03. The predicted molar refractivity (Wildman–Crippen MR) is 180 cm³/mol. The van der Waals surface area contributed by atoms with Crippen molar-refractivity contribution in [2.75, 3.05) is 25.2 Å². The molecule has 232 valence electrons. The third-order valence-corrected chi connectivity index (χ3v) is 13.4. The number of rotatable bonds is 8. The van der Waals surface area contributed by atoms with E-state index in [2.05, 4.69) is 121 Å². The maximum absolute atomic E-state index is 12.3. The van der Waals surface area contributed by atoms with E-state index in [0.29, 0.717) is 12.4 Å². The van der Waals surface area contributed by atoms with Crippen LogP contribution in [0.5, 0.6) is 11.5 Å². The van der Waals surface area contributed by atoms with Gasteiger partial charge in [0, 0.05) is 27.1 Å². The van der Waals surface area contributed by atoms with Gasteiger partial charge in [0.2, 0.25) is 0 Å². The summed E-state index contributed by atoms with van der Waals surface area (Å²) in [5.41, 5.74) is 3.41. The summed E-state index contributed by atoms with van der Waals surface area (Å²) < 4.78 is 11.4. The van der Waals surface area contributed by atoms with Crippen LogP contribution in [-0.2, 0) is 31.2 Å². The first-order chi connectivity index (χ1) is 18.5. The molecule has 0 bridgehead atoms. The monoisotopic (exact) mass is 604 g/mol. The summed E-state index contributed by atoms with van der Waals surface area (Å²) in [5, 5.41) is 11.3. The van der Waals surface area contributed by atoms with Gasteiger partial charge in [-0.05, 0) is 69.8 Å². The number of hydrogen-bond acceptors (Lipinski definition) is 5. The fourth-order valence-electron chi connectivity index (χ4n) is 4.74. The third-order valence-electron chi connectivity index (χ3n) is 7.35. The maximum atomic E-state index is 12.3. The van der Waals surface area contributed by atoms with Crippen molar-refractivity contribution in [3.8, 4) is 11.5 Å². The van der Waals surface area contributed by atoms with Crippen molar-refractivity contribution in [2.24, 2.45) is 0 Å². The number of carbonyl (C=O) groups excluding carboxylic acids is 1. The average molecular weight is 605 g/mol. The van der Waals surface area contributed by atoms with E-state index >= 15 is 0 Å². The smallest absolute Gasteiger partial charge is 0.344 e.